The summed E-state index contributed by atoms with van der Waals surface area (Å²) in [5.74, 6) is 0.137. The summed E-state index contributed by atoms with van der Waals surface area (Å²) in [5, 5.41) is 3.17. The largest absolute Gasteiger partial charge is 0.466 e. The van der Waals surface area contributed by atoms with Gasteiger partial charge in [-0.15, -0.1) is 0 Å². The molecule has 0 aromatic rings. The fraction of sp³-hybridized carbons (Fsp3) is 0.889. The Bertz CT molecular complexity index is 172. The third kappa shape index (κ3) is 2.67. The molecule has 2 unspecified atom stereocenters. The van der Waals surface area contributed by atoms with Gasteiger partial charge in [-0.2, -0.15) is 0 Å². The molecule has 76 valence electrons. The fourth-order valence-electron chi connectivity index (χ4n) is 1.65. The van der Waals surface area contributed by atoms with Crippen LogP contribution in [0.3, 0.4) is 0 Å². The monoisotopic (exact) mass is 187 g/mol. The van der Waals surface area contributed by atoms with Crippen molar-refractivity contribution in [1.29, 1.82) is 0 Å². The molecule has 13 heavy (non-hydrogen) atoms. The maximum Gasteiger partial charge on any atom is 0.310 e. The highest BCUT2D eigenvalue weighted by molar-refractivity contribution is 5.73. The van der Waals surface area contributed by atoms with Crippen molar-refractivity contribution in [1.82, 2.24) is 5.32 Å². The van der Waals surface area contributed by atoms with Gasteiger partial charge in [0.1, 0.15) is 0 Å². The highest BCUT2D eigenvalue weighted by Crippen LogP contribution is 2.18. The van der Waals surface area contributed by atoms with Crippen LogP contribution >= 0.6 is 0 Å². The SMILES string of the molecule is CCOC(=O)C1CNCC1COC. The Balaban J connectivity index is 2.42. The summed E-state index contributed by atoms with van der Waals surface area (Å²) in [6.07, 6.45) is 0. The summed E-state index contributed by atoms with van der Waals surface area (Å²) in [6.45, 7) is 4.46. The van der Waals surface area contributed by atoms with E-state index in [0.29, 0.717) is 19.8 Å². The molecule has 1 aliphatic heterocycles. The van der Waals surface area contributed by atoms with Crippen LogP contribution in [0.25, 0.3) is 0 Å². The van der Waals surface area contributed by atoms with Crippen molar-refractivity contribution in [2.24, 2.45) is 11.8 Å². The summed E-state index contributed by atoms with van der Waals surface area (Å²) >= 11 is 0. The first-order valence-electron chi connectivity index (χ1n) is 4.65. The number of hydrogen-bond donors (Lipinski definition) is 1. The van der Waals surface area contributed by atoms with Crippen LogP contribution in [0, 0.1) is 11.8 Å². The molecule has 0 aromatic heterocycles. The van der Waals surface area contributed by atoms with Crippen LogP contribution in [0.15, 0.2) is 0 Å². The summed E-state index contributed by atoms with van der Waals surface area (Å²) in [5.41, 5.74) is 0. The van der Waals surface area contributed by atoms with Gasteiger partial charge < -0.3 is 14.8 Å². The molecule has 1 fully saturated rings. The number of carbonyl (C=O) groups is 1. The first-order valence-corrected chi connectivity index (χ1v) is 4.65. The third-order valence-electron chi connectivity index (χ3n) is 2.31. The number of nitrogens with one attached hydrogen (secondary N) is 1. The molecule has 0 aromatic carbocycles. The molecular formula is C9H17NO3. The van der Waals surface area contributed by atoms with Gasteiger partial charge >= 0.3 is 5.97 Å². The molecular weight excluding hydrogens is 170 g/mol. The van der Waals surface area contributed by atoms with Crippen molar-refractivity contribution in [3.8, 4) is 0 Å². The van der Waals surface area contributed by atoms with Gasteiger partial charge in [-0.1, -0.05) is 0 Å². The van der Waals surface area contributed by atoms with Gasteiger partial charge in [0.05, 0.1) is 19.1 Å². The molecule has 0 amide bonds. The Kier molecular flexibility index (Phi) is 4.18. The minimum Gasteiger partial charge on any atom is -0.466 e. The Hall–Kier alpha value is -0.610. The molecule has 4 nitrogen and oxygen atoms in total. The maximum absolute atomic E-state index is 11.4. The Morgan fingerprint density at radius 3 is 2.92 bits per heavy atom. The van der Waals surface area contributed by atoms with E-state index in [1.807, 2.05) is 6.92 Å². The number of hydrogen-bond acceptors (Lipinski definition) is 4. The zero-order valence-corrected chi connectivity index (χ0v) is 8.21. The number of carbonyl (C=O) groups excluding carboxylic acids is 1. The predicted octanol–water partition coefficient (Wildman–Crippen LogP) is 0.0315. The molecule has 4 heteroatoms. The number of ether oxygens (including phenoxy) is 2. The first kappa shape index (κ1) is 10.5. The van der Waals surface area contributed by atoms with E-state index in [2.05, 4.69) is 5.32 Å². The standard InChI is InChI=1S/C9H17NO3/c1-3-13-9(11)8-5-10-4-7(8)6-12-2/h7-8,10H,3-6H2,1-2H3. The van der Waals surface area contributed by atoms with E-state index in [1.165, 1.54) is 0 Å². The van der Waals surface area contributed by atoms with Crippen LogP contribution in [-0.4, -0.2) is 39.4 Å². The van der Waals surface area contributed by atoms with Crippen LogP contribution in [-0.2, 0) is 14.3 Å². The quantitative estimate of drug-likeness (QED) is 0.631. The fourth-order valence-corrected chi connectivity index (χ4v) is 1.65. The third-order valence-corrected chi connectivity index (χ3v) is 2.31. The highest BCUT2D eigenvalue weighted by Gasteiger charge is 2.33. The van der Waals surface area contributed by atoms with Gasteiger partial charge in [0.25, 0.3) is 0 Å². The Labute approximate surface area is 78.6 Å². The van der Waals surface area contributed by atoms with Crippen LogP contribution in [0.4, 0.5) is 0 Å². The van der Waals surface area contributed by atoms with E-state index >= 15 is 0 Å². The average Bonchev–Trinajstić information content (AvgIpc) is 2.54. The maximum atomic E-state index is 11.4. The molecule has 0 radical (unpaired) electrons. The minimum absolute atomic E-state index is 0.0279. The molecule has 1 N–H and O–H groups in total. The zero-order valence-electron chi connectivity index (χ0n) is 8.21. The lowest BCUT2D eigenvalue weighted by Gasteiger charge is -2.15. The lowest BCUT2D eigenvalue weighted by molar-refractivity contribution is -0.149. The van der Waals surface area contributed by atoms with Crippen molar-refractivity contribution < 1.29 is 14.3 Å². The molecule has 1 rings (SSSR count). The van der Waals surface area contributed by atoms with E-state index < -0.39 is 0 Å². The van der Waals surface area contributed by atoms with Gasteiger partial charge in [0.15, 0.2) is 0 Å². The first-order chi connectivity index (χ1) is 6.29. The average molecular weight is 187 g/mol. The van der Waals surface area contributed by atoms with Crippen LogP contribution < -0.4 is 5.32 Å². The van der Waals surface area contributed by atoms with Crippen LogP contribution in [0.2, 0.25) is 0 Å². The smallest absolute Gasteiger partial charge is 0.310 e. The predicted molar refractivity (Wildman–Crippen MR) is 48.4 cm³/mol. The summed E-state index contributed by atoms with van der Waals surface area (Å²) in [7, 11) is 1.65. The summed E-state index contributed by atoms with van der Waals surface area (Å²) < 4.78 is 10.0. The molecule has 0 aliphatic carbocycles. The van der Waals surface area contributed by atoms with Crippen molar-refractivity contribution >= 4 is 5.97 Å². The van der Waals surface area contributed by atoms with E-state index in [4.69, 9.17) is 9.47 Å². The minimum atomic E-state index is -0.102. The summed E-state index contributed by atoms with van der Waals surface area (Å²) in [4.78, 5) is 11.4. The Morgan fingerprint density at radius 1 is 1.54 bits per heavy atom. The second-order valence-corrected chi connectivity index (χ2v) is 3.23. The number of methoxy groups -OCH3 is 1. The van der Waals surface area contributed by atoms with Gasteiger partial charge in [0, 0.05) is 26.1 Å². The zero-order chi connectivity index (χ0) is 9.68. The van der Waals surface area contributed by atoms with Gasteiger partial charge in [-0.3, -0.25) is 4.79 Å². The molecule has 2 atom stereocenters. The topological polar surface area (TPSA) is 47.6 Å². The number of rotatable bonds is 4. The van der Waals surface area contributed by atoms with E-state index in [1.54, 1.807) is 7.11 Å². The second-order valence-electron chi connectivity index (χ2n) is 3.23. The highest BCUT2D eigenvalue weighted by atomic mass is 16.5. The van der Waals surface area contributed by atoms with Crippen LogP contribution in [0.5, 0.6) is 0 Å². The van der Waals surface area contributed by atoms with Crippen molar-refractivity contribution in [3.63, 3.8) is 0 Å². The lowest BCUT2D eigenvalue weighted by atomic mass is 9.97. The molecule has 0 spiro atoms. The van der Waals surface area contributed by atoms with E-state index in [0.717, 1.165) is 6.54 Å². The second kappa shape index (κ2) is 5.19. The molecule has 1 saturated heterocycles. The Morgan fingerprint density at radius 2 is 2.31 bits per heavy atom. The molecule has 0 saturated carbocycles. The van der Waals surface area contributed by atoms with Crippen molar-refractivity contribution in [2.75, 3.05) is 33.4 Å². The molecule has 1 aliphatic rings. The van der Waals surface area contributed by atoms with E-state index in [9.17, 15) is 4.79 Å². The van der Waals surface area contributed by atoms with Crippen molar-refractivity contribution in [3.05, 3.63) is 0 Å². The number of esters is 1. The van der Waals surface area contributed by atoms with Crippen molar-refractivity contribution in [2.45, 2.75) is 6.92 Å². The normalized spacial score (nSPS) is 27.5. The lowest BCUT2D eigenvalue weighted by Crippen LogP contribution is -2.27. The van der Waals surface area contributed by atoms with Crippen LogP contribution in [0.1, 0.15) is 6.92 Å². The molecule has 1 heterocycles. The van der Waals surface area contributed by atoms with Gasteiger partial charge in [0.2, 0.25) is 0 Å². The molecule has 0 bridgehead atoms. The van der Waals surface area contributed by atoms with Gasteiger partial charge in [-0.25, -0.2) is 0 Å². The summed E-state index contributed by atoms with van der Waals surface area (Å²) in [6, 6.07) is 0. The van der Waals surface area contributed by atoms with E-state index in [-0.39, 0.29) is 17.8 Å². The van der Waals surface area contributed by atoms with Gasteiger partial charge in [-0.05, 0) is 6.92 Å².